The van der Waals surface area contributed by atoms with Crippen molar-refractivity contribution in [3.05, 3.63) is 0 Å². The molecule has 7 heteroatoms. The smallest absolute Gasteiger partial charge is 0.326 e. The van der Waals surface area contributed by atoms with Crippen LogP contribution >= 0.6 is 0 Å². The van der Waals surface area contributed by atoms with E-state index in [2.05, 4.69) is 10.1 Å². The largest absolute Gasteiger partial charge is 0.480 e. The Morgan fingerprint density at radius 3 is 2.39 bits per heavy atom. The third-order valence-corrected chi connectivity index (χ3v) is 2.53. The van der Waals surface area contributed by atoms with Crippen molar-refractivity contribution in [2.24, 2.45) is 11.7 Å². The van der Waals surface area contributed by atoms with E-state index < -0.39 is 18.0 Å². The standard InChI is InChI=1S/C11H20N2O5/c1-7(5-6-12)10(15)13-8(11(16)17)3-4-9(14)18-2/h7-8H,3-6,12H2,1-2H3,(H,13,15)(H,16,17)/t7?,8-/m0/s1. The van der Waals surface area contributed by atoms with Crippen LogP contribution in [0.4, 0.5) is 0 Å². The van der Waals surface area contributed by atoms with Crippen molar-refractivity contribution in [1.29, 1.82) is 0 Å². The van der Waals surface area contributed by atoms with Gasteiger partial charge in [-0.05, 0) is 19.4 Å². The van der Waals surface area contributed by atoms with Gasteiger partial charge in [0.2, 0.25) is 5.91 Å². The molecule has 0 spiro atoms. The van der Waals surface area contributed by atoms with E-state index in [0.717, 1.165) is 0 Å². The van der Waals surface area contributed by atoms with Crippen LogP contribution in [0.3, 0.4) is 0 Å². The summed E-state index contributed by atoms with van der Waals surface area (Å²) in [6.07, 6.45) is 0.428. The van der Waals surface area contributed by atoms with Crippen LogP contribution in [-0.4, -0.2) is 42.6 Å². The van der Waals surface area contributed by atoms with E-state index in [1.807, 2.05) is 0 Å². The summed E-state index contributed by atoms with van der Waals surface area (Å²) in [7, 11) is 1.22. The molecule has 0 aromatic heterocycles. The molecule has 0 saturated carbocycles. The molecule has 0 aliphatic carbocycles. The van der Waals surface area contributed by atoms with Gasteiger partial charge >= 0.3 is 11.9 Å². The molecule has 0 fully saturated rings. The first-order valence-electron chi connectivity index (χ1n) is 5.72. The molecule has 0 saturated heterocycles. The fourth-order valence-corrected chi connectivity index (χ4v) is 1.32. The minimum Gasteiger partial charge on any atom is -0.480 e. The minimum absolute atomic E-state index is 0.00307. The molecule has 0 radical (unpaired) electrons. The van der Waals surface area contributed by atoms with Crippen molar-refractivity contribution in [3.63, 3.8) is 0 Å². The number of carboxylic acids is 1. The zero-order valence-electron chi connectivity index (χ0n) is 10.6. The summed E-state index contributed by atoms with van der Waals surface area (Å²) >= 11 is 0. The average molecular weight is 260 g/mol. The Labute approximate surface area is 106 Å². The number of hydrogen-bond donors (Lipinski definition) is 3. The normalized spacial score (nSPS) is 13.5. The fourth-order valence-electron chi connectivity index (χ4n) is 1.32. The summed E-state index contributed by atoms with van der Waals surface area (Å²) in [5, 5.41) is 11.3. The molecule has 1 amide bonds. The molecule has 2 atom stereocenters. The second-order valence-electron chi connectivity index (χ2n) is 3.99. The molecule has 0 aromatic carbocycles. The van der Waals surface area contributed by atoms with E-state index in [1.165, 1.54) is 7.11 Å². The van der Waals surface area contributed by atoms with Crippen molar-refractivity contribution < 1.29 is 24.2 Å². The Morgan fingerprint density at radius 2 is 1.94 bits per heavy atom. The molecular weight excluding hydrogens is 240 g/mol. The minimum atomic E-state index is -1.17. The summed E-state index contributed by atoms with van der Waals surface area (Å²) in [6.45, 7) is 2.02. The van der Waals surface area contributed by atoms with Crippen molar-refractivity contribution in [1.82, 2.24) is 5.32 Å². The monoisotopic (exact) mass is 260 g/mol. The molecule has 0 bridgehead atoms. The van der Waals surface area contributed by atoms with Crippen LogP contribution < -0.4 is 11.1 Å². The number of esters is 1. The third kappa shape index (κ3) is 6.19. The Kier molecular flexibility index (Phi) is 7.69. The Bertz CT molecular complexity index is 306. The lowest BCUT2D eigenvalue weighted by molar-refractivity contribution is -0.144. The summed E-state index contributed by atoms with van der Waals surface area (Å²) in [4.78, 5) is 33.5. The molecule has 4 N–H and O–H groups in total. The van der Waals surface area contributed by atoms with Gasteiger partial charge in [-0.3, -0.25) is 9.59 Å². The second-order valence-corrected chi connectivity index (χ2v) is 3.99. The van der Waals surface area contributed by atoms with Crippen molar-refractivity contribution in [3.8, 4) is 0 Å². The summed E-state index contributed by atoms with van der Waals surface area (Å²) in [6, 6.07) is -1.09. The van der Waals surface area contributed by atoms with Gasteiger partial charge in [0.05, 0.1) is 7.11 Å². The molecule has 0 rings (SSSR count). The zero-order chi connectivity index (χ0) is 14.1. The van der Waals surface area contributed by atoms with Gasteiger partial charge in [-0.1, -0.05) is 6.92 Å². The number of carbonyl (C=O) groups is 3. The van der Waals surface area contributed by atoms with Gasteiger partial charge in [-0.15, -0.1) is 0 Å². The predicted molar refractivity (Wildman–Crippen MR) is 63.7 cm³/mol. The number of hydrogen-bond acceptors (Lipinski definition) is 5. The van der Waals surface area contributed by atoms with E-state index in [-0.39, 0.29) is 24.7 Å². The highest BCUT2D eigenvalue weighted by Crippen LogP contribution is 2.04. The number of carboxylic acid groups (broad SMARTS) is 1. The summed E-state index contributed by atoms with van der Waals surface area (Å²) in [5.74, 6) is -2.41. The average Bonchev–Trinajstić information content (AvgIpc) is 2.33. The number of aliphatic carboxylic acids is 1. The van der Waals surface area contributed by atoms with Crippen LogP contribution in [0.5, 0.6) is 0 Å². The highest BCUT2D eigenvalue weighted by Gasteiger charge is 2.23. The van der Waals surface area contributed by atoms with Gasteiger partial charge in [-0.25, -0.2) is 4.79 Å². The molecule has 0 heterocycles. The van der Waals surface area contributed by atoms with E-state index in [0.29, 0.717) is 13.0 Å². The first-order chi connectivity index (χ1) is 8.42. The van der Waals surface area contributed by atoms with Crippen LogP contribution in [0.2, 0.25) is 0 Å². The van der Waals surface area contributed by atoms with Crippen LogP contribution in [0.1, 0.15) is 26.2 Å². The van der Waals surface area contributed by atoms with Gasteiger partial charge in [0.1, 0.15) is 6.04 Å². The number of rotatable bonds is 8. The lowest BCUT2D eigenvalue weighted by Gasteiger charge is -2.17. The summed E-state index contributed by atoms with van der Waals surface area (Å²) in [5.41, 5.74) is 5.32. The highest BCUT2D eigenvalue weighted by molar-refractivity contribution is 5.85. The summed E-state index contributed by atoms with van der Waals surface area (Å²) < 4.78 is 4.41. The number of methoxy groups -OCH3 is 1. The molecular formula is C11H20N2O5. The SMILES string of the molecule is COC(=O)CC[C@H](NC(=O)C(C)CCN)C(=O)O. The van der Waals surface area contributed by atoms with Gasteiger partial charge in [0.25, 0.3) is 0 Å². The van der Waals surface area contributed by atoms with Crippen LogP contribution in [0.15, 0.2) is 0 Å². The molecule has 7 nitrogen and oxygen atoms in total. The van der Waals surface area contributed by atoms with Gasteiger partial charge in [0.15, 0.2) is 0 Å². The number of carbonyl (C=O) groups excluding carboxylic acids is 2. The molecule has 0 aliphatic heterocycles. The number of ether oxygens (including phenoxy) is 1. The van der Waals surface area contributed by atoms with Gasteiger partial charge in [-0.2, -0.15) is 0 Å². The molecule has 1 unspecified atom stereocenters. The van der Waals surface area contributed by atoms with Crippen LogP contribution in [-0.2, 0) is 19.1 Å². The maximum absolute atomic E-state index is 11.6. The quantitative estimate of drug-likeness (QED) is 0.506. The second kappa shape index (κ2) is 8.46. The van der Waals surface area contributed by atoms with Crippen molar-refractivity contribution in [2.45, 2.75) is 32.2 Å². The van der Waals surface area contributed by atoms with Crippen molar-refractivity contribution >= 4 is 17.8 Å². The molecule has 0 aliphatic rings. The topological polar surface area (TPSA) is 119 Å². The van der Waals surface area contributed by atoms with Crippen molar-refractivity contribution in [2.75, 3.05) is 13.7 Å². The van der Waals surface area contributed by atoms with Crippen LogP contribution in [0.25, 0.3) is 0 Å². The maximum Gasteiger partial charge on any atom is 0.326 e. The van der Waals surface area contributed by atoms with E-state index in [1.54, 1.807) is 6.92 Å². The van der Waals surface area contributed by atoms with E-state index in [9.17, 15) is 14.4 Å². The maximum atomic E-state index is 11.6. The predicted octanol–water partition coefficient (Wildman–Crippen LogP) is -0.506. The first kappa shape index (κ1) is 16.4. The Morgan fingerprint density at radius 1 is 1.33 bits per heavy atom. The number of nitrogens with one attached hydrogen (secondary N) is 1. The Hall–Kier alpha value is -1.63. The molecule has 104 valence electrons. The lowest BCUT2D eigenvalue weighted by atomic mass is 10.1. The zero-order valence-corrected chi connectivity index (χ0v) is 10.6. The van der Waals surface area contributed by atoms with E-state index >= 15 is 0 Å². The number of nitrogens with two attached hydrogens (primary N) is 1. The van der Waals surface area contributed by atoms with E-state index in [4.69, 9.17) is 10.8 Å². The molecule has 18 heavy (non-hydrogen) atoms. The highest BCUT2D eigenvalue weighted by atomic mass is 16.5. The lowest BCUT2D eigenvalue weighted by Crippen LogP contribution is -2.43. The Balaban J connectivity index is 4.31. The first-order valence-corrected chi connectivity index (χ1v) is 5.72. The van der Waals surface area contributed by atoms with Crippen LogP contribution in [0, 0.1) is 5.92 Å². The fraction of sp³-hybridized carbons (Fsp3) is 0.727. The third-order valence-electron chi connectivity index (χ3n) is 2.53. The van der Waals surface area contributed by atoms with Gasteiger partial charge in [0, 0.05) is 12.3 Å². The van der Waals surface area contributed by atoms with Gasteiger partial charge < -0.3 is 20.9 Å². The number of amides is 1. The molecule has 0 aromatic rings.